The average Bonchev–Trinajstić information content (AvgIpc) is 2.99. The zero-order chi connectivity index (χ0) is 17.4. The number of nitrogens with one attached hydrogen (secondary N) is 1. The Bertz CT molecular complexity index is 1070. The van der Waals surface area contributed by atoms with E-state index in [1.54, 1.807) is 18.3 Å². The second-order valence-corrected chi connectivity index (χ2v) is 5.18. The number of hydrogen-bond donors (Lipinski definition) is 2. The van der Waals surface area contributed by atoms with Crippen molar-refractivity contribution in [2.45, 2.75) is 0 Å². The van der Waals surface area contributed by atoms with Crippen LogP contribution in [-0.2, 0) is 0 Å². The Labute approximate surface area is 151 Å². The molecule has 0 aliphatic heterocycles. The smallest absolute Gasteiger partial charge is 0.314 e. The normalized spacial score (nSPS) is 10.5. The summed E-state index contributed by atoms with van der Waals surface area (Å²) in [7, 11) is 0. The first-order chi connectivity index (χ1) is 12.1. The number of fused-ring (bicyclic) bond motifs is 1. The Morgan fingerprint density at radius 2 is 1.73 bits per heavy atom. The monoisotopic (exact) mass is 376 g/mol. The number of nitrogens with zero attached hydrogens (tertiary/aromatic N) is 3. The second-order valence-electron chi connectivity index (χ2n) is 5.18. The van der Waals surface area contributed by atoms with Gasteiger partial charge in [-0.2, -0.15) is 4.98 Å². The number of H-pyrrole nitrogens is 1. The van der Waals surface area contributed by atoms with Gasteiger partial charge in [-0.15, -0.1) is 12.4 Å². The van der Waals surface area contributed by atoms with E-state index in [-0.39, 0.29) is 24.2 Å². The first-order valence-corrected chi connectivity index (χ1v) is 7.22. The number of aromatic nitrogens is 4. The van der Waals surface area contributed by atoms with Crippen LogP contribution in [0.15, 0.2) is 48.9 Å². The minimum absolute atomic E-state index is 0. The van der Waals surface area contributed by atoms with Crippen LogP contribution < -0.4 is 4.74 Å². The number of halogens is 3. The number of pyridine rings is 1. The summed E-state index contributed by atoms with van der Waals surface area (Å²) in [5.74, 6) is -1.13. The van der Waals surface area contributed by atoms with Gasteiger partial charge in [-0.1, -0.05) is 0 Å². The molecule has 0 amide bonds. The Hall–Kier alpha value is -3.26. The average molecular weight is 377 g/mol. The Balaban J connectivity index is 0.00000196. The molecule has 3 heterocycles. The van der Waals surface area contributed by atoms with Gasteiger partial charge in [0.05, 0.1) is 11.1 Å². The third-order valence-electron chi connectivity index (χ3n) is 3.52. The molecule has 26 heavy (non-hydrogen) atoms. The van der Waals surface area contributed by atoms with Crippen LogP contribution in [0.25, 0.3) is 22.3 Å². The van der Waals surface area contributed by atoms with Crippen molar-refractivity contribution in [2.75, 3.05) is 0 Å². The van der Waals surface area contributed by atoms with Crippen LogP contribution in [0.4, 0.5) is 8.78 Å². The predicted molar refractivity (Wildman–Crippen MR) is 92.5 cm³/mol. The molecule has 0 spiro atoms. The number of rotatable bonds is 3. The lowest BCUT2D eigenvalue weighted by Crippen LogP contribution is -1.91. The SMILES string of the molecule is Cl.Oc1nccc(-c2c[nH]c3nccc(Oc4cc(F)cc(F)c4)c23)n1. The first-order valence-electron chi connectivity index (χ1n) is 7.22. The van der Waals surface area contributed by atoms with Gasteiger partial charge >= 0.3 is 6.01 Å². The number of hydrogen-bond acceptors (Lipinski definition) is 5. The Morgan fingerprint density at radius 1 is 1.00 bits per heavy atom. The van der Waals surface area contributed by atoms with Gasteiger partial charge in [0.25, 0.3) is 0 Å². The Morgan fingerprint density at radius 3 is 2.46 bits per heavy atom. The molecule has 0 fully saturated rings. The van der Waals surface area contributed by atoms with Gasteiger partial charge in [-0.3, -0.25) is 0 Å². The lowest BCUT2D eigenvalue weighted by molar-refractivity contribution is 0.431. The highest BCUT2D eigenvalue weighted by molar-refractivity contribution is 5.97. The molecule has 9 heteroatoms. The zero-order valence-corrected chi connectivity index (χ0v) is 13.8. The second kappa shape index (κ2) is 6.93. The molecule has 0 aliphatic carbocycles. The highest BCUT2D eigenvalue weighted by Gasteiger charge is 2.15. The Kier molecular flexibility index (Phi) is 4.68. The summed E-state index contributed by atoms with van der Waals surface area (Å²) in [5.41, 5.74) is 1.55. The van der Waals surface area contributed by atoms with Crippen LogP contribution in [0.3, 0.4) is 0 Å². The van der Waals surface area contributed by atoms with Crippen LogP contribution in [0.5, 0.6) is 17.5 Å². The molecule has 0 saturated heterocycles. The fourth-order valence-electron chi connectivity index (χ4n) is 2.53. The van der Waals surface area contributed by atoms with Crippen LogP contribution in [0, 0.1) is 11.6 Å². The number of ether oxygens (including phenoxy) is 1. The van der Waals surface area contributed by atoms with E-state index in [0.29, 0.717) is 28.0 Å². The molecule has 6 nitrogen and oxygen atoms in total. The van der Waals surface area contributed by atoms with Crippen molar-refractivity contribution in [3.8, 4) is 28.8 Å². The summed E-state index contributed by atoms with van der Waals surface area (Å²) >= 11 is 0. The molecule has 0 unspecified atom stereocenters. The van der Waals surface area contributed by atoms with Crippen molar-refractivity contribution < 1.29 is 18.6 Å². The fourth-order valence-corrected chi connectivity index (χ4v) is 2.53. The van der Waals surface area contributed by atoms with E-state index in [0.717, 1.165) is 18.2 Å². The van der Waals surface area contributed by atoms with Crippen LogP contribution in [0.2, 0.25) is 0 Å². The summed E-state index contributed by atoms with van der Waals surface area (Å²) in [4.78, 5) is 14.8. The molecule has 0 aliphatic rings. The number of aromatic amines is 1. The van der Waals surface area contributed by atoms with E-state index in [1.807, 2.05) is 0 Å². The maximum Gasteiger partial charge on any atom is 0.314 e. The molecule has 4 aromatic rings. The summed E-state index contributed by atoms with van der Waals surface area (Å²) < 4.78 is 32.4. The molecule has 0 saturated carbocycles. The minimum Gasteiger partial charge on any atom is -0.479 e. The molecule has 2 N–H and O–H groups in total. The standard InChI is InChI=1S/C17H10F2N4O2.ClH/c18-9-5-10(19)7-11(6-9)25-14-2-4-20-16-15(14)12(8-22-16)13-1-3-21-17(24)23-13;/h1-8H,(H,20,22)(H,21,23,24);1H. The zero-order valence-electron chi connectivity index (χ0n) is 13.0. The molecule has 4 rings (SSSR count). The van der Waals surface area contributed by atoms with Crippen molar-refractivity contribution in [3.63, 3.8) is 0 Å². The predicted octanol–water partition coefficient (Wildman–Crippen LogP) is 4.22. The van der Waals surface area contributed by atoms with E-state index in [4.69, 9.17) is 4.74 Å². The summed E-state index contributed by atoms with van der Waals surface area (Å²) in [5, 5.41) is 10.0. The van der Waals surface area contributed by atoms with Crippen molar-refractivity contribution in [1.29, 1.82) is 0 Å². The third-order valence-corrected chi connectivity index (χ3v) is 3.52. The van der Waals surface area contributed by atoms with Crippen molar-refractivity contribution >= 4 is 23.4 Å². The van der Waals surface area contributed by atoms with Crippen LogP contribution in [-0.4, -0.2) is 25.0 Å². The van der Waals surface area contributed by atoms with Crippen molar-refractivity contribution in [1.82, 2.24) is 19.9 Å². The van der Waals surface area contributed by atoms with E-state index in [1.165, 1.54) is 12.4 Å². The topological polar surface area (TPSA) is 83.9 Å². The largest absolute Gasteiger partial charge is 0.479 e. The van der Waals surface area contributed by atoms with Gasteiger partial charge in [-0.05, 0) is 12.1 Å². The quantitative estimate of drug-likeness (QED) is 0.559. The number of aromatic hydroxyl groups is 1. The molecule has 0 radical (unpaired) electrons. The van der Waals surface area contributed by atoms with E-state index < -0.39 is 11.6 Å². The molecule has 0 bridgehead atoms. The van der Waals surface area contributed by atoms with Gasteiger partial charge in [0, 0.05) is 42.4 Å². The molecular weight excluding hydrogens is 366 g/mol. The van der Waals surface area contributed by atoms with Gasteiger partial charge in [-0.25, -0.2) is 18.7 Å². The van der Waals surface area contributed by atoms with Gasteiger partial charge in [0.1, 0.15) is 28.8 Å². The fraction of sp³-hybridized carbons (Fsp3) is 0. The summed E-state index contributed by atoms with van der Waals surface area (Å²) in [6.45, 7) is 0. The van der Waals surface area contributed by atoms with Crippen molar-refractivity contribution in [2.24, 2.45) is 0 Å². The molecule has 3 aromatic heterocycles. The maximum absolute atomic E-state index is 13.4. The first kappa shape index (κ1) is 17.6. The number of benzene rings is 1. The van der Waals surface area contributed by atoms with E-state index in [2.05, 4.69) is 19.9 Å². The lowest BCUT2D eigenvalue weighted by atomic mass is 10.1. The van der Waals surface area contributed by atoms with Gasteiger partial charge in [0.15, 0.2) is 0 Å². The van der Waals surface area contributed by atoms with Crippen LogP contribution >= 0.6 is 12.4 Å². The molecule has 132 valence electrons. The highest BCUT2D eigenvalue weighted by atomic mass is 35.5. The molecule has 1 aromatic carbocycles. The van der Waals surface area contributed by atoms with Crippen molar-refractivity contribution in [3.05, 3.63) is 60.6 Å². The van der Waals surface area contributed by atoms with E-state index >= 15 is 0 Å². The van der Waals surface area contributed by atoms with Gasteiger partial charge in [0.2, 0.25) is 0 Å². The van der Waals surface area contributed by atoms with Gasteiger partial charge < -0.3 is 14.8 Å². The maximum atomic E-state index is 13.4. The minimum atomic E-state index is -0.740. The summed E-state index contributed by atoms with van der Waals surface area (Å²) in [6, 6.07) is 5.74. The van der Waals surface area contributed by atoms with E-state index in [9.17, 15) is 13.9 Å². The van der Waals surface area contributed by atoms with Crippen LogP contribution in [0.1, 0.15) is 0 Å². The highest BCUT2D eigenvalue weighted by Crippen LogP contribution is 2.36. The molecular formula is C17H11ClF2N4O2. The third kappa shape index (κ3) is 3.27. The summed E-state index contributed by atoms with van der Waals surface area (Å²) in [6.07, 6.45) is 4.57. The lowest BCUT2D eigenvalue weighted by Gasteiger charge is -2.08. The molecule has 0 atom stereocenters.